The van der Waals surface area contributed by atoms with Crippen molar-refractivity contribution in [3.8, 4) is 0 Å². The molecule has 0 amide bonds. The van der Waals surface area contributed by atoms with Gasteiger partial charge in [-0.2, -0.15) is 24.9 Å². The number of nitrogens with one attached hydrogen (secondary N) is 1. The molecule has 0 saturated heterocycles. The molecule has 160 valence electrons. The van der Waals surface area contributed by atoms with Gasteiger partial charge < -0.3 is 10.4 Å². The smallest absolute Gasteiger partial charge is 0.378 e. The van der Waals surface area contributed by atoms with Crippen LogP contribution in [-0.4, -0.2) is 33.4 Å². The molecule has 1 heterocycles. The van der Waals surface area contributed by atoms with Gasteiger partial charge in [0.05, 0.1) is 11.6 Å². The van der Waals surface area contributed by atoms with Crippen molar-refractivity contribution in [2.75, 3.05) is 16.8 Å². The Kier molecular flexibility index (Phi) is 6.62. The summed E-state index contributed by atoms with van der Waals surface area (Å²) in [4.78, 5) is 4.46. The molecule has 0 fully saturated rings. The van der Waals surface area contributed by atoms with Gasteiger partial charge in [-0.05, 0) is 49.4 Å². The Hall–Kier alpha value is -2.25. The summed E-state index contributed by atoms with van der Waals surface area (Å²) in [6.07, 6.45) is -4.82. The van der Waals surface area contributed by atoms with Gasteiger partial charge in [0.15, 0.2) is 5.60 Å². The van der Waals surface area contributed by atoms with Crippen LogP contribution in [0.4, 0.5) is 18.9 Å². The third-order valence-corrected chi connectivity index (χ3v) is 6.13. The minimum Gasteiger partial charge on any atom is -0.378 e. The average Bonchev–Trinajstić information content (AvgIpc) is 2.70. The first-order chi connectivity index (χ1) is 14.2. The molecule has 0 saturated carbocycles. The maximum absolute atomic E-state index is 14.2. The van der Waals surface area contributed by atoms with Crippen LogP contribution < -0.4 is 5.32 Å². The van der Waals surface area contributed by atoms with E-state index >= 15 is 0 Å². The minimum atomic E-state index is -4.82. The summed E-state index contributed by atoms with van der Waals surface area (Å²) in [5.41, 5.74) is 0.343. The monoisotopic (exact) mass is 434 g/mol. The van der Waals surface area contributed by atoms with Crippen molar-refractivity contribution in [2.24, 2.45) is 0 Å². The van der Waals surface area contributed by atoms with E-state index in [0.29, 0.717) is 27.9 Å². The summed E-state index contributed by atoms with van der Waals surface area (Å²) >= 11 is 1.06. The quantitative estimate of drug-likeness (QED) is 0.475. The third-order valence-electron chi connectivity index (χ3n) is 5.08. The molecule has 3 nitrogen and oxygen atoms in total. The number of rotatable bonds is 7. The van der Waals surface area contributed by atoms with Crippen LogP contribution in [0.3, 0.4) is 0 Å². The Labute approximate surface area is 178 Å². The molecule has 0 aliphatic rings. The Balaban J connectivity index is 2.14. The molecular weight excluding hydrogens is 409 g/mol. The van der Waals surface area contributed by atoms with E-state index in [4.69, 9.17) is 0 Å². The summed E-state index contributed by atoms with van der Waals surface area (Å²) in [6, 6.07) is 14.3. The van der Waals surface area contributed by atoms with Gasteiger partial charge in [-0.25, -0.2) is 0 Å². The maximum atomic E-state index is 14.2. The van der Waals surface area contributed by atoms with Gasteiger partial charge in [-0.1, -0.05) is 42.8 Å². The highest BCUT2D eigenvalue weighted by Gasteiger charge is 2.59. The lowest BCUT2D eigenvalue weighted by Crippen LogP contribution is -2.54. The zero-order valence-electron chi connectivity index (χ0n) is 17.1. The van der Waals surface area contributed by atoms with E-state index in [2.05, 4.69) is 10.3 Å². The molecule has 0 aliphatic heterocycles. The van der Waals surface area contributed by atoms with E-state index in [9.17, 15) is 18.3 Å². The number of aromatic nitrogens is 1. The molecule has 2 atom stereocenters. The first-order valence-electron chi connectivity index (χ1n) is 9.72. The van der Waals surface area contributed by atoms with E-state index in [-0.39, 0.29) is 0 Å². The highest BCUT2D eigenvalue weighted by molar-refractivity contribution is 7.99. The first-order valence-corrected chi connectivity index (χ1v) is 10.9. The fraction of sp³-hybridized carbons (Fsp3) is 0.348. The Morgan fingerprint density at radius 2 is 1.73 bits per heavy atom. The predicted octanol–water partition coefficient (Wildman–Crippen LogP) is 6.05. The highest BCUT2D eigenvalue weighted by Crippen LogP contribution is 2.44. The number of pyridine rings is 1. The lowest BCUT2D eigenvalue weighted by molar-refractivity contribution is -0.256. The van der Waals surface area contributed by atoms with E-state index in [1.807, 2.05) is 32.0 Å². The third kappa shape index (κ3) is 4.57. The van der Waals surface area contributed by atoms with Crippen LogP contribution >= 0.6 is 11.8 Å². The summed E-state index contributed by atoms with van der Waals surface area (Å²) in [5, 5.41) is 14.7. The van der Waals surface area contributed by atoms with Crippen LogP contribution in [0.1, 0.15) is 29.8 Å². The number of benzene rings is 2. The van der Waals surface area contributed by atoms with Crippen LogP contribution in [0.15, 0.2) is 54.6 Å². The number of hydrogen-bond acceptors (Lipinski definition) is 4. The van der Waals surface area contributed by atoms with Gasteiger partial charge in [0.2, 0.25) is 0 Å². The number of anilines is 1. The molecule has 7 heteroatoms. The molecular formula is C23H25F3N2OS. The van der Waals surface area contributed by atoms with E-state index < -0.39 is 23.6 Å². The Bertz CT molecular complexity index is 1010. The SMILES string of the molecule is CCSCC(O)(C(Nc1cccc2nc(C)ccc12)c1ccc(C)cc1)C(F)(F)F. The molecule has 2 N–H and O–H groups in total. The molecule has 2 unspecified atom stereocenters. The highest BCUT2D eigenvalue weighted by atomic mass is 32.2. The van der Waals surface area contributed by atoms with Gasteiger partial charge in [0, 0.05) is 22.5 Å². The molecule has 3 rings (SSSR count). The van der Waals surface area contributed by atoms with Crippen molar-refractivity contribution >= 4 is 28.4 Å². The number of alkyl halides is 3. The van der Waals surface area contributed by atoms with Crippen LogP contribution in [0.25, 0.3) is 10.9 Å². The van der Waals surface area contributed by atoms with Gasteiger partial charge in [0.25, 0.3) is 0 Å². The molecule has 2 aromatic carbocycles. The molecule has 0 aliphatic carbocycles. The van der Waals surface area contributed by atoms with Crippen LogP contribution in [0.5, 0.6) is 0 Å². The molecule has 0 bridgehead atoms. The van der Waals surface area contributed by atoms with E-state index in [1.165, 1.54) is 0 Å². The zero-order chi connectivity index (χ0) is 21.9. The lowest BCUT2D eigenvalue weighted by Gasteiger charge is -2.39. The summed E-state index contributed by atoms with van der Waals surface area (Å²) < 4.78 is 42.6. The molecule has 0 radical (unpaired) electrons. The number of nitrogens with zero attached hydrogens (tertiary/aromatic N) is 1. The topological polar surface area (TPSA) is 45.1 Å². The van der Waals surface area contributed by atoms with Crippen molar-refractivity contribution in [1.29, 1.82) is 0 Å². The molecule has 0 spiro atoms. The molecule has 30 heavy (non-hydrogen) atoms. The van der Waals surface area contributed by atoms with E-state index in [1.54, 1.807) is 43.3 Å². The second-order valence-corrected chi connectivity index (χ2v) is 8.65. The van der Waals surface area contributed by atoms with E-state index in [0.717, 1.165) is 23.0 Å². The predicted molar refractivity (Wildman–Crippen MR) is 118 cm³/mol. The average molecular weight is 435 g/mol. The number of hydrogen-bond donors (Lipinski definition) is 2. The van der Waals surface area contributed by atoms with Crippen molar-refractivity contribution in [2.45, 2.75) is 38.6 Å². The van der Waals surface area contributed by atoms with Crippen LogP contribution in [-0.2, 0) is 0 Å². The van der Waals surface area contributed by atoms with Crippen LogP contribution in [0.2, 0.25) is 0 Å². The summed E-state index contributed by atoms with van der Waals surface area (Å²) in [7, 11) is 0. The van der Waals surface area contributed by atoms with Gasteiger partial charge in [0.1, 0.15) is 0 Å². The molecule has 1 aromatic heterocycles. The number of aliphatic hydroxyl groups is 1. The van der Waals surface area contributed by atoms with Crippen LogP contribution in [0, 0.1) is 13.8 Å². The van der Waals surface area contributed by atoms with Gasteiger partial charge in [-0.15, -0.1) is 0 Å². The number of aryl methyl sites for hydroxylation is 2. The molecule has 3 aromatic rings. The Morgan fingerprint density at radius 1 is 1.03 bits per heavy atom. The van der Waals surface area contributed by atoms with Crippen molar-refractivity contribution in [3.63, 3.8) is 0 Å². The number of halogens is 3. The second kappa shape index (κ2) is 8.86. The van der Waals surface area contributed by atoms with Gasteiger partial charge in [-0.3, -0.25) is 4.98 Å². The number of fused-ring (bicyclic) bond motifs is 1. The fourth-order valence-corrected chi connectivity index (χ4v) is 4.21. The van der Waals surface area contributed by atoms with Crippen molar-refractivity contribution < 1.29 is 18.3 Å². The summed E-state index contributed by atoms with van der Waals surface area (Å²) in [5.74, 6) is -0.00284. The normalized spacial score (nSPS) is 15.0. The maximum Gasteiger partial charge on any atom is 0.420 e. The lowest BCUT2D eigenvalue weighted by atomic mass is 9.88. The fourth-order valence-electron chi connectivity index (χ4n) is 3.36. The van der Waals surface area contributed by atoms with Gasteiger partial charge >= 0.3 is 6.18 Å². The zero-order valence-corrected chi connectivity index (χ0v) is 17.9. The largest absolute Gasteiger partial charge is 0.420 e. The summed E-state index contributed by atoms with van der Waals surface area (Å²) in [6.45, 7) is 5.50. The minimum absolute atomic E-state index is 0.370. The number of thioether (sulfide) groups is 1. The second-order valence-electron chi connectivity index (χ2n) is 7.37. The first kappa shape index (κ1) is 22.4. The van der Waals surface area contributed by atoms with Crippen molar-refractivity contribution in [1.82, 2.24) is 4.98 Å². The van der Waals surface area contributed by atoms with Crippen molar-refractivity contribution in [3.05, 3.63) is 71.4 Å². The Morgan fingerprint density at radius 3 is 2.37 bits per heavy atom. The standard InChI is InChI=1S/C23H25F3N2OS/c1-4-30-14-22(29,23(24,25)26)21(17-11-8-15(2)9-12-17)28-20-7-5-6-19-18(20)13-10-16(3)27-19/h5-13,21,28-29H,4,14H2,1-3H3.